The van der Waals surface area contributed by atoms with E-state index in [4.69, 9.17) is 0 Å². The maximum atomic E-state index is 4.45. The fourth-order valence-corrected chi connectivity index (χ4v) is 2.26. The molecule has 0 unspecified atom stereocenters. The van der Waals surface area contributed by atoms with Gasteiger partial charge in [-0.15, -0.1) is 0 Å². The Morgan fingerprint density at radius 3 is 2.71 bits per heavy atom. The van der Waals surface area contributed by atoms with Crippen molar-refractivity contribution in [1.82, 2.24) is 9.97 Å². The third-order valence-electron chi connectivity index (χ3n) is 3.26. The number of nitrogens with zero attached hydrogens (tertiary/aromatic N) is 3. The Balaban J connectivity index is 2.57. The number of benzene rings is 1. The molecule has 21 heavy (non-hydrogen) atoms. The smallest absolute Gasteiger partial charge is 0.0931 e. The van der Waals surface area contributed by atoms with Gasteiger partial charge in [-0.2, -0.15) is 0 Å². The van der Waals surface area contributed by atoms with Crippen LogP contribution in [0.3, 0.4) is 0 Å². The summed E-state index contributed by atoms with van der Waals surface area (Å²) in [6.07, 6.45) is 3.55. The van der Waals surface area contributed by atoms with Gasteiger partial charge in [0.25, 0.3) is 0 Å². The number of aliphatic imine (C=N–C) groups is 2. The van der Waals surface area contributed by atoms with Gasteiger partial charge in [-0.25, -0.2) is 4.98 Å². The van der Waals surface area contributed by atoms with E-state index in [2.05, 4.69) is 45.6 Å². The number of hydrogen-bond donors (Lipinski definition) is 1. The number of fused-ring (bicyclic) bond motifs is 1. The summed E-state index contributed by atoms with van der Waals surface area (Å²) in [6.45, 7) is 9.77. The first-order valence-electron chi connectivity index (χ1n) is 6.80. The maximum Gasteiger partial charge on any atom is 0.0931 e. The van der Waals surface area contributed by atoms with E-state index in [-0.39, 0.29) is 0 Å². The van der Waals surface area contributed by atoms with Crippen LogP contribution in [-0.2, 0) is 0 Å². The zero-order valence-corrected chi connectivity index (χ0v) is 12.9. The van der Waals surface area contributed by atoms with Gasteiger partial charge >= 0.3 is 0 Å². The minimum Gasteiger partial charge on any atom is -0.345 e. The van der Waals surface area contributed by atoms with E-state index in [9.17, 15) is 0 Å². The highest BCUT2D eigenvalue weighted by atomic mass is 14.9. The molecule has 1 aromatic heterocycles. The number of aromatic amines is 1. The summed E-state index contributed by atoms with van der Waals surface area (Å²) in [6, 6.07) is 6.17. The van der Waals surface area contributed by atoms with Crippen molar-refractivity contribution in [3.8, 4) is 0 Å². The molecule has 2 rings (SSSR count). The van der Waals surface area contributed by atoms with Gasteiger partial charge in [0, 0.05) is 30.2 Å². The van der Waals surface area contributed by atoms with Crippen molar-refractivity contribution in [2.45, 2.75) is 20.8 Å². The molecule has 0 saturated heterocycles. The van der Waals surface area contributed by atoms with Gasteiger partial charge < -0.3 is 4.98 Å². The molecule has 4 nitrogen and oxygen atoms in total. The zero-order chi connectivity index (χ0) is 15.4. The summed E-state index contributed by atoms with van der Waals surface area (Å²) in [7, 11) is 1.76. The molecule has 0 fully saturated rings. The number of rotatable bonds is 4. The van der Waals surface area contributed by atoms with E-state index in [1.54, 1.807) is 13.4 Å². The molecule has 0 radical (unpaired) electrons. The van der Waals surface area contributed by atoms with Crippen molar-refractivity contribution < 1.29 is 0 Å². The molecule has 1 aromatic carbocycles. The van der Waals surface area contributed by atoms with Crippen LogP contribution in [0.15, 0.2) is 52.4 Å². The summed E-state index contributed by atoms with van der Waals surface area (Å²) >= 11 is 0. The van der Waals surface area contributed by atoms with Gasteiger partial charge in [0.15, 0.2) is 0 Å². The molecule has 0 aliphatic rings. The molecular formula is C17H20N4. The molecule has 0 aliphatic heterocycles. The van der Waals surface area contributed by atoms with Crippen molar-refractivity contribution in [3.05, 3.63) is 47.9 Å². The van der Waals surface area contributed by atoms with Gasteiger partial charge in [0.2, 0.25) is 0 Å². The van der Waals surface area contributed by atoms with Crippen molar-refractivity contribution >= 4 is 28.5 Å². The Bertz CT molecular complexity index is 760. The molecule has 0 amide bonds. The first-order chi connectivity index (χ1) is 10.0. The Labute approximate surface area is 125 Å². The third kappa shape index (κ3) is 3.34. The van der Waals surface area contributed by atoms with E-state index >= 15 is 0 Å². The highest BCUT2D eigenvalue weighted by molar-refractivity contribution is 6.20. The molecular weight excluding hydrogens is 260 g/mol. The Morgan fingerprint density at radius 2 is 2.05 bits per heavy atom. The van der Waals surface area contributed by atoms with E-state index in [1.165, 1.54) is 0 Å². The summed E-state index contributed by atoms with van der Waals surface area (Å²) in [5.41, 5.74) is 6.94. The van der Waals surface area contributed by atoms with E-state index in [0.29, 0.717) is 0 Å². The first kappa shape index (κ1) is 14.9. The lowest BCUT2D eigenvalue weighted by Gasteiger charge is -2.09. The number of H-pyrrole nitrogens is 1. The monoisotopic (exact) mass is 280 g/mol. The molecule has 2 aromatic rings. The van der Waals surface area contributed by atoms with E-state index < -0.39 is 0 Å². The topological polar surface area (TPSA) is 53.4 Å². The standard InChI is InChI=1S/C17H20N4/c1-11(2)21-13(4)15(9-18-5)12(3)14-6-7-16-17(8-14)20-10-19-16/h6-10H,1H2,2-5H3,(H,19,20)/b15-12+,18-9?,21-13?. The largest absolute Gasteiger partial charge is 0.345 e. The number of imidazole rings is 1. The number of allylic oxidation sites excluding steroid dienone is 3. The van der Waals surface area contributed by atoms with Crippen LogP contribution in [0.4, 0.5) is 0 Å². The predicted molar refractivity (Wildman–Crippen MR) is 91.0 cm³/mol. The van der Waals surface area contributed by atoms with Crippen LogP contribution >= 0.6 is 0 Å². The second-order valence-corrected chi connectivity index (χ2v) is 4.99. The van der Waals surface area contributed by atoms with Crippen LogP contribution in [-0.4, -0.2) is 28.9 Å². The molecule has 0 atom stereocenters. The van der Waals surface area contributed by atoms with Gasteiger partial charge in [0.1, 0.15) is 0 Å². The Kier molecular flexibility index (Phi) is 4.48. The van der Waals surface area contributed by atoms with E-state index in [0.717, 1.165) is 39.2 Å². The summed E-state index contributed by atoms with van der Waals surface area (Å²) in [5.74, 6) is 0. The molecule has 0 aliphatic carbocycles. The van der Waals surface area contributed by atoms with Gasteiger partial charge in [-0.05, 0) is 44.0 Å². The minimum atomic E-state index is 0.784. The van der Waals surface area contributed by atoms with Crippen LogP contribution < -0.4 is 0 Å². The van der Waals surface area contributed by atoms with Crippen molar-refractivity contribution in [2.24, 2.45) is 9.98 Å². The number of hydrogen-bond acceptors (Lipinski definition) is 3. The average Bonchev–Trinajstić information content (AvgIpc) is 2.90. The molecule has 4 heteroatoms. The summed E-state index contributed by atoms with van der Waals surface area (Å²) in [4.78, 5) is 16.0. The van der Waals surface area contributed by atoms with Crippen LogP contribution in [0.5, 0.6) is 0 Å². The fraction of sp³-hybridized carbons (Fsp3) is 0.235. The van der Waals surface area contributed by atoms with E-state index in [1.807, 2.05) is 26.1 Å². The molecule has 108 valence electrons. The number of aromatic nitrogens is 2. The summed E-state index contributed by atoms with van der Waals surface area (Å²) in [5, 5.41) is 0. The average molecular weight is 280 g/mol. The second kappa shape index (κ2) is 6.31. The zero-order valence-electron chi connectivity index (χ0n) is 12.9. The Morgan fingerprint density at radius 1 is 1.29 bits per heavy atom. The maximum absolute atomic E-state index is 4.45. The fourth-order valence-electron chi connectivity index (χ4n) is 2.26. The van der Waals surface area contributed by atoms with Crippen LogP contribution in [0.1, 0.15) is 26.3 Å². The van der Waals surface area contributed by atoms with Crippen LogP contribution in [0.25, 0.3) is 16.6 Å². The number of nitrogens with one attached hydrogen (secondary N) is 1. The third-order valence-corrected chi connectivity index (χ3v) is 3.26. The highest BCUT2D eigenvalue weighted by Crippen LogP contribution is 2.22. The molecule has 0 bridgehead atoms. The van der Waals surface area contributed by atoms with Crippen LogP contribution in [0.2, 0.25) is 0 Å². The minimum absolute atomic E-state index is 0.784. The van der Waals surface area contributed by atoms with Gasteiger partial charge in [-0.1, -0.05) is 12.6 Å². The molecule has 0 spiro atoms. The lowest BCUT2D eigenvalue weighted by atomic mass is 9.99. The predicted octanol–water partition coefficient (Wildman–Crippen LogP) is 4.03. The SMILES string of the molecule is C=C(C)N=C(C)/C(C=NC)=C(\C)c1ccc2nc[nH]c2c1. The first-order valence-corrected chi connectivity index (χ1v) is 6.80. The highest BCUT2D eigenvalue weighted by Gasteiger charge is 2.08. The van der Waals surface area contributed by atoms with Gasteiger partial charge in [-0.3, -0.25) is 9.98 Å². The molecule has 1 N–H and O–H groups in total. The lowest BCUT2D eigenvalue weighted by Crippen LogP contribution is -2.03. The lowest BCUT2D eigenvalue weighted by molar-refractivity contribution is 1.31. The Hall–Kier alpha value is -2.49. The van der Waals surface area contributed by atoms with Crippen LogP contribution in [0, 0.1) is 0 Å². The van der Waals surface area contributed by atoms with Crippen molar-refractivity contribution in [2.75, 3.05) is 7.05 Å². The van der Waals surface area contributed by atoms with Crippen molar-refractivity contribution in [1.29, 1.82) is 0 Å². The molecule has 0 saturated carbocycles. The second-order valence-electron chi connectivity index (χ2n) is 4.99. The normalized spacial score (nSPS) is 13.8. The van der Waals surface area contributed by atoms with Gasteiger partial charge in [0.05, 0.1) is 17.4 Å². The quantitative estimate of drug-likeness (QED) is 0.844. The molecule has 1 heterocycles. The summed E-state index contributed by atoms with van der Waals surface area (Å²) < 4.78 is 0. The van der Waals surface area contributed by atoms with Crippen molar-refractivity contribution in [3.63, 3.8) is 0 Å².